The van der Waals surface area contributed by atoms with Gasteiger partial charge in [-0.15, -0.1) is 0 Å². The lowest BCUT2D eigenvalue weighted by atomic mass is 10.0. The van der Waals surface area contributed by atoms with Crippen molar-refractivity contribution < 1.29 is 18.8 Å². The Bertz CT molecular complexity index is 1010. The summed E-state index contributed by atoms with van der Waals surface area (Å²) in [5.74, 6) is -1.68. The number of amides is 4. The van der Waals surface area contributed by atoms with E-state index in [9.17, 15) is 18.8 Å². The lowest BCUT2D eigenvalue weighted by Crippen LogP contribution is -2.60. The Morgan fingerprint density at radius 1 is 1.04 bits per heavy atom. The first-order chi connectivity index (χ1) is 13.0. The number of benzene rings is 1. The van der Waals surface area contributed by atoms with Crippen molar-refractivity contribution in [3.63, 3.8) is 0 Å². The van der Waals surface area contributed by atoms with E-state index >= 15 is 0 Å². The Kier molecular flexibility index (Phi) is 4.71. The molecule has 1 fully saturated rings. The quantitative estimate of drug-likeness (QED) is 0.637. The summed E-state index contributed by atoms with van der Waals surface area (Å²) in [5.41, 5.74) is 2.22. The Labute approximate surface area is 162 Å². The van der Waals surface area contributed by atoms with Gasteiger partial charge < -0.3 is 4.57 Å². The molecule has 4 amide bonds. The Balaban J connectivity index is 2.07. The average molecular weight is 383 g/mol. The minimum Gasteiger partial charge on any atom is -0.318 e. The summed E-state index contributed by atoms with van der Waals surface area (Å²) in [4.78, 5) is 38.3. The maximum Gasteiger partial charge on any atom is 0.331 e. The minimum absolute atomic E-state index is 0.103. The fourth-order valence-corrected chi connectivity index (χ4v) is 3.34. The van der Waals surface area contributed by atoms with Crippen molar-refractivity contribution in [3.8, 4) is 5.69 Å². The summed E-state index contributed by atoms with van der Waals surface area (Å²) in [7, 11) is 0. The largest absolute Gasteiger partial charge is 0.331 e. The number of hydrogen-bond donors (Lipinski definition) is 1. The van der Waals surface area contributed by atoms with E-state index in [0.717, 1.165) is 22.0 Å². The molecule has 1 aliphatic heterocycles. The Morgan fingerprint density at radius 2 is 1.64 bits per heavy atom. The number of halogens is 1. The summed E-state index contributed by atoms with van der Waals surface area (Å²) in [6, 6.07) is 7.17. The molecule has 0 spiro atoms. The molecule has 7 heteroatoms. The maximum atomic E-state index is 13.2. The molecule has 1 N–H and O–H groups in total. The van der Waals surface area contributed by atoms with Crippen molar-refractivity contribution in [2.45, 2.75) is 40.2 Å². The van der Waals surface area contributed by atoms with Gasteiger partial charge in [0.2, 0.25) is 0 Å². The van der Waals surface area contributed by atoms with Crippen LogP contribution < -0.4 is 5.32 Å². The fourth-order valence-electron chi connectivity index (χ4n) is 3.34. The second kappa shape index (κ2) is 6.74. The second-order valence-corrected chi connectivity index (χ2v) is 7.77. The summed E-state index contributed by atoms with van der Waals surface area (Å²) in [5, 5.41) is 2.23. The zero-order valence-corrected chi connectivity index (χ0v) is 16.5. The summed E-state index contributed by atoms with van der Waals surface area (Å²) < 4.78 is 15.1. The van der Waals surface area contributed by atoms with Crippen molar-refractivity contribution in [2.75, 3.05) is 0 Å². The number of aryl methyl sites for hydroxylation is 1. The normalized spacial score (nSPS) is 16.7. The van der Waals surface area contributed by atoms with Gasteiger partial charge in [-0.3, -0.25) is 19.8 Å². The van der Waals surface area contributed by atoms with Crippen molar-refractivity contribution in [1.82, 2.24) is 14.8 Å². The lowest BCUT2D eigenvalue weighted by molar-refractivity contribution is -0.133. The van der Waals surface area contributed by atoms with Crippen molar-refractivity contribution in [1.29, 1.82) is 0 Å². The van der Waals surface area contributed by atoms with Gasteiger partial charge in [-0.05, 0) is 76.6 Å². The van der Waals surface area contributed by atoms with Crippen LogP contribution in [0.4, 0.5) is 9.18 Å². The maximum absolute atomic E-state index is 13.2. The number of urea groups is 1. The van der Waals surface area contributed by atoms with Crippen LogP contribution >= 0.6 is 0 Å². The molecule has 28 heavy (non-hydrogen) atoms. The minimum atomic E-state index is -0.772. The third-order valence-electron chi connectivity index (χ3n) is 4.63. The second-order valence-electron chi connectivity index (χ2n) is 7.77. The van der Waals surface area contributed by atoms with E-state index in [2.05, 4.69) is 5.32 Å². The first kappa shape index (κ1) is 19.5. The molecule has 6 nitrogen and oxygen atoms in total. The topological polar surface area (TPSA) is 71.4 Å². The molecular formula is C21H22FN3O3. The predicted octanol–water partition coefficient (Wildman–Crippen LogP) is 3.49. The van der Waals surface area contributed by atoms with Crippen LogP contribution in [0, 0.1) is 19.7 Å². The highest BCUT2D eigenvalue weighted by atomic mass is 19.1. The molecule has 1 aliphatic rings. The fraction of sp³-hybridized carbons (Fsp3) is 0.286. The van der Waals surface area contributed by atoms with E-state index in [1.54, 1.807) is 32.9 Å². The standard InChI is InChI=1S/C21H22FN3O3/c1-12-10-14(13(2)24(12)16-8-6-15(22)7-9-16)11-17-18(26)23-20(28)25(19(17)27)21(3,4)5/h6-11H,1-5H3,(H,23,26,28)/b17-11-. The zero-order valence-electron chi connectivity index (χ0n) is 16.5. The molecule has 0 bridgehead atoms. The van der Waals surface area contributed by atoms with Crippen molar-refractivity contribution in [3.05, 3.63) is 58.7 Å². The van der Waals surface area contributed by atoms with Gasteiger partial charge in [0.1, 0.15) is 11.4 Å². The molecule has 1 aromatic carbocycles. The molecule has 0 aliphatic carbocycles. The zero-order chi connectivity index (χ0) is 20.8. The monoisotopic (exact) mass is 383 g/mol. The van der Waals surface area contributed by atoms with Gasteiger partial charge >= 0.3 is 6.03 Å². The van der Waals surface area contributed by atoms with E-state index in [-0.39, 0.29) is 11.4 Å². The number of rotatable bonds is 2. The molecular weight excluding hydrogens is 361 g/mol. The van der Waals surface area contributed by atoms with Gasteiger partial charge in [0.05, 0.1) is 0 Å². The van der Waals surface area contributed by atoms with Crippen LogP contribution in [0.15, 0.2) is 35.9 Å². The van der Waals surface area contributed by atoms with Crippen LogP contribution in [0.3, 0.4) is 0 Å². The molecule has 0 saturated carbocycles. The summed E-state index contributed by atoms with van der Waals surface area (Å²) in [6.07, 6.45) is 1.49. The third-order valence-corrected chi connectivity index (χ3v) is 4.63. The molecule has 0 unspecified atom stereocenters. The van der Waals surface area contributed by atoms with E-state index in [1.807, 2.05) is 24.5 Å². The molecule has 2 heterocycles. The van der Waals surface area contributed by atoms with E-state index in [0.29, 0.717) is 5.56 Å². The third kappa shape index (κ3) is 3.35. The molecule has 146 valence electrons. The molecule has 0 radical (unpaired) electrons. The first-order valence-electron chi connectivity index (χ1n) is 8.87. The van der Waals surface area contributed by atoms with Gasteiger partial charge in [0.15, 0.2) is 0 Å². The number of imide groups is 2. The number of aromatic nitrogens is 1. The van der Waals surface area contributed by atoms with Crippen LogP contribution in [-0.2, 0) is 9.59 Å². The van der Waals surface area contributed by atoms with Crippen LogP contribution in [0.1, 0.15) is 37.7 Å². The number of hydrogen-bond acceptors (Lipinski definition) is 3. The van der Waals surface area contributed by atoms with Crippen molar-refractivity contribution >= 4 is 23.9 Å². The van der Waals surface area contributed by atoms with Crippen LogP contribution in [0.2, 0.25) is 0 Å². The molecule has 0 atom stereocenters. The van der Waals surface area contributed by atoms with E-state index in [1.165, 1.54) is 18.2 Å². The molecule has 2 aromatic rings. The van der Waals surface area contributed by atoms with Crippen molar-refractivity contribution in [2.24, 2.45) is 0 Å². The molecule has 1 aromatic heterocycles. The van der Waals surface area contributed by atoms with E-state index < -0.39 is 23.4 Å². The van der Waals surface area contributed by atoms with Gasteiger partial charge in [-0.25, -0.2) is 9.18 Å². The molecule has 3 rings (SSSR count). The van der Waals surface area contributed by atoms with Gasteiger partial charge in [-0.1, -0.05) is 0 Å². The number of carbonyl (C=O) groups excluding carboxylic acids is 3. The number of barbiturate groups is 1. The highest BCUT2D eigenvalue weighted by molar-refractivity contribution is 6.31. The smallest absolute Gasteiger partial charge is 0.318 e. The Morgan fingerprint density at radius 3 is 2.21 bits per heavy atom. The van der Waals surface area contributed by atoms with Crippen LogP contribution in [-0.4, -0.2) is 32.9 Å². The van der Waals surface area contributed by atoms with E-state index in [4.69, 9.17) is 0 Å². The SMILES string of the molecule is Cc1cc(/C=C2/C(=O)NC(=O)N(C(C)(C)C)C2=O)c(C)n1-c1ccc(F)cc1. The van der Waals surface area contributed by atoms with Gasteiger partial charge in [-0.2, -0.15) is 0 Å². The predicted molar refractivity (Wildman–Crippen MR) is 103 cm³/mol. The summed E-state index contributed by atoms with van der Waals surface area (Å²) >= 11 is 0. The highest BCUT2D eigenvalue weighted by Crippen LogP contribution is 2.26. The first-order valence-corrected chi connectivity index (χ1v) is 8.87. The summed E-state index contributed by atoms with van der Waals surface area (Å²) in [6.45, 7) is 8.89. The number of nitrogens with one attached hydrogen (secondary N) is 1. The highest BCUT2D eigenvalue weighted by Gasteiger charge is 2.41. The van der Waals surface area contributed by atoms with Crippen LogP contribution in [0.5, 0.6) is 0 Å². The van der Waals surface area contributed by atoms with Crippen LogP contribution in [0.25, 0.3) is 11.8 Å². The number of nitrogens with zero attached hydrogens (tertiary/aromatic N) is 2. The lowest BCUT2D eigenvalue weighted by Gasteiger charge is -2.36. The van der Waals surface area contributed by atoms with Gasteiger partial charge in [0, 0.05) is 22.6 Å². The van der Waals surface area contributed by atoms with Gasteiger partial charge in [0.25, 0.3) is 11.8 Å². The Hall–Kier alpha value is -3.22. The average Bonchev–Trinajstić information content (AvgIpc) is 2.85. The molecule has 1 saturated heterocycles. The number of carbonyl (C=O) groups is 3.